The Morgan fingerprint density at radius 1 is 1.37 bits per heavy atom. The van der Waals surface area contributed by atoms with Crippen LogP contribution in [0.3, 0.4) is 0 Å². The SMILES string of the molecule is CCCS(=O)(=O)N1CCCc2cc(NC(=O)c3cn(C)nc3OC)ccc21. The maximum atomic E-state index is 12.5. The lowest BCUT2D eigenvalue weighted by molar-refractivity contribution is 0.102. The summed E-state index contributed by atoms with van der Waals surface area (Å²) in [6.07, 6.45) is 3.69. The van der Waals surface area contributed by atoms with Crippen LogP contribution in [0.15, 0.2) is 24.4 Å². The van der Waals surface area contributed by atoms with Gasteiger partial charge in [-0.25, -0.2) is 8.42 Å². The fraction of sp³-hybridized carbons (Fsp3) is 0.444. The third-order valence-corrected chi connectivity index (χ3v) is 6.42. The molecule has 0 atom stereocenters. The summed E-state index contributed by atoms with van der Waals surface area (Å²) in [5, 5.41) is 6.91. The molecular formula is C18H24N4O4S. The predicted octanol–water partition coefficient (Wildman–Crippen LogP) is 2.17. The fourth-order valence-corrected chi connectivity index (χ4v) is 4.89. The Morgan fingerprint density at radius 3 is 2.85 bits per heavy atom. The molecule has 1 amide bonds. The van der Waals surface area contributed by atoms with Gasteiger partial charge >= 0.3 is 0 Å². The predicted molar refractivity (Wildman–Crippen MR) is 104 cm³/mol. The average Bonchev–Trinajstić information content (AvgIpc) is 3.02. The van der Waals surface area contributed by atoms with E-state index in [9.17, 15) is 13.2 Å². The van der Waals surface area contributed by atoms with Crippen molar-refractivity contribution in [1.29, 1.82) is 0 Å². The van der Waals surface area contributed by atoms with Crippen molar-refractivity contribution in [2.75, 3.05) is 29.0 Å². The fourth-order valence-electron chi connectivity index (χ4n) is 3.27. The second-order valence-electron chi connectivity index (χ2n) is 6.52. The van der Waals surface area contributed by atoms with Crippen molar-refractivity contribution in [3.05, 3.63) is 35.5 Å². The van der Waals surface area contributed by atoms with E-state index in [0.29, 0.717) is 29.9 Å². The van der Waals surface area contributed by atoms with Crippen LogP contribution in [0.4, 0.5) is 11.4 Å². The summed E-state index contributed by atoms with van der Waals surface area (Å²) < 4.78 is 33.1. The van der Waals surface area contributed by atoms with E-state index < -0.39 is 10.0 Å². The molecule has 0 unspecified atom stereocenters. The van der Waals surface area contributed by atoms with Crippen LogP contribution in [-0.4, -0.2) is 43.5 Å². The summed E-state index contributed by atoms with van der Waals surface area (Å²) in [4.78, 5) is 12.5. The summed E-state index contributed by atoms with van der Waals surface area (Å²) in [5.74, 6) is 0.0575. The summed E-state index contributed by atoms with van der Waals surface area (Å²) in [6.45, 7) is 2.35. The Labute approximate surface area is 159 Å². The first kappa shape index (κ1) is 19.2. The molecule has 1 aliphatic heterocycles. The van der Waals surface area contributed by atoms with E-state index in [-0.39, 0.29) is 17.5 Å². The van der Waals surface area contributed by atoms with Gasteiger partial charge in [0.25, 0.3) is 5.91 Å². The minimum atomic E-state index is -3.31. The second kappa shape index (κ2) is 7.59. The maximum Gasteiger partial charge on any atom is 0.262 e. The molecule has 0 saturated heterocycles. The molecule has 3 rings (SSSR count). The van der Waals surface area contributed by atoms with Crippen LogP contribution < -0.4 is 14.4 Å². The number of nitrogens with one attached hydrogen (secondary N) is 1. The molecule has 0 spiro atoms. The highest BCUT2D eigenvalue weighted by Gasteiger charge is 2.27. The number of carbonyl (C=O) groups is 1. The third-order valence-electron chi connectivity index (χ3n) is 4.44. The van der Waals surface area contributed by atoms with Gasteiger partial charge in [-0.1, -0.05) is 6.92 Å². The largest absolute Gasteiger partial charge is 0.479 e. The van der Waals surface area contributed by atoms with Crippen molar-refractivity contribution in [3.63, 3.8) is 0 Å². The van der Waals surface area contributed by atoms with E-state index >= 15 is 0 Å². The summed E-state index contributed by atoms with van der Waals surface area (Å²) >= 11 is 0. The Balaban J connectivity index is 1.85. The molecule has 9 heteroatoms. The first-order valence-electron chi connectivity index (χ1n) is 8.88. The highest BCUT2D eigenvalue weighted by atomic mass is 32.2. The minimum Gasteiger partial charge on any atom is -0.479 e. The average molecular weight is 392 g/mol. The molecule has 1 aromatic heterocycles. The molecular weight excluding hydrogens is 368 g/mol. The van der Waals surface area contributed by atoms with Gasteiger partial charge in [-0.15, -0.1) is 5.10 Å². The van der Waals surface area contributed by atoms with Gasteiger partial charge in [-0.3, -0.25) is 13.8 Å². The third kappa shape index (κ3) is 3.92. The molecule has 8 nitrogen and oxygen atoms in total. The van der Waals surface area contributed by atoms with E-state index in [4.69, 9.17) is 4.74 Å². The van der Waals surface area contributed by atoms with Crippen molar-refractivity contribution in [2.24, 2.45) is 7.05 Å². The minimum absolute atomic E-state index is 0.131. The zero-order valence-electron chi connectivity index (χ0n) is 15.7. The first-order chi connectivity index (χ1) is 12.9. The number of hydrogen-bond acceptors (Lipinski definition) is 5. The quantitative estimate of drug-likeness (QED) is 0.813. The maximum absolute atomic E-state index is 12.5. The Morgan fingerprint density at radius 2 is 2.15 bits per heavy atom. The van der Waals surface area contributed by atoms with Crippen molar-refractivity contribution in [1.82, 2.24) is 9.78 Å². The van der Waals surface area contributed by atoms with Crippen LogP contribution in [0.25, 0.3) is 0 Å². The van der Waals surface area contributed by atoms with Crippen LogP contribution in [0.5, 0.6) is 5.88 Å². The number of rotatable bonds is 6. The van der Waals surface area contributed by atoms with Crippen molar-refractivity contribution < 1.29 is 17.9 Å². The lowest BCUT2D eigenvalue weighted by atomic mass is 10.0. The van der Waals surface area contributed by atoms with Gasteiger partial charge in [-0.2, -0.15) is 0 Å². The van der Waals surface area contributed by atoms with Gasteiger partial charge in [0.05, 0.1) is 18.6 Å². The number of fused-ring (bicyclic) bond motifs is 1. The van der Waals surface area contributed by atoms with Gasteiger partial charge in [0, 0.05) is 25.5 Å². The van der Waals surface area contributed by atoms with Crippen LogP contribution in [0.2, 0.25) is 0 Å². The molecule has 0 aliphatic carbocycles. The molecule has 1 aromatic carbocycles. The number of methoxy groups -OCH3 is 1. The molecule has 1 aliphatic rings. The normalized spacial score (nSPS) is 14.0. The number of carbonyl (C=O) groups excluding carboxylic acids is 1. The smallest absolute Gasteiger partial charge is 0.262 e. The van der Waals surface area contributed by atoms with Gasteiger partial charge < -0.3 is 10.1 Å². The van der Waals surface area contributed by atoms with Crippen molar-refractivity contribution in [3.8, 4) is 5.88 Å². The van der Waals surface area contributed by atoms with Gasteiger partial charge in [0.2, 0.25) is 15.9 Å². The van der Waals surface area contributed by atoms with Crippen molar-refractivity contribution >= 4 is 27.3 Å². The zero-order valence-corrected chi connectivity index (χ0v) is 16.5. The van der Waals surface area contributed by atoms with E-state index in [1.807, 2.05) is 13.0 Å². The molecule has 0 bridgehead atoms. The van der Waals surface area contributed by atoms with Gasteiger partial charge in [0.1, 0.15) is 5.56 Å². The van der Waals surface area contributed by atoms with E-state index in [1.165, 1.54) is 16.1 Å². The number of amides is 1. The number of ether oxygens (including phenoxy) is 1. The lowest BCUT2D eigenvalue weighted by Gasteiger charge is -2.30. The highest BCUT2D eigenvalue weighted by Crippen LogP contribution is 2.32. The standard InChI is InChI=1S/C18H24N4O4S/c1-4-10-27(24,25)22-9-5-6-13-11-14(7-8-16(13)22)19-17(23)15-12-21(2)20-18(15)26-3/h7-8,11-12H,4-6,9-10H2,1-3H3,(H,19,23). The van der Waals surface area contributed by atoms with E-state index in [1.54, 1.807) is 25.4 Å². The zero-order chi connectivity index (χ0) is 19.6. The molecule has 2 aromatic rings. The van der Waals surface area contributed by atoms with Crippen LogP contribution in [-0.2, 0) is 23.5 Å². The Bertz CT molecular complexity index is 952. The molecule has 0 saturated carbocycles. The molecule has 0 fully saturated rings. The molecule has 1 N–H and O–H groups in total. The van der Waals surface area contributed by atoms with Crippen LogP contribution >= 0.6 is 0 Å². The van der Waals surface area contributed by atoms with E-state index in [0.717, 1.165) is 18.4 Å². The molecule has 0 radical (unpaired) electrons. The van der Waals surface area contributed by atoms with Gasteiger partial charge in [0.15, 0.2) is 0 Å². The second-order valence-corrected chi connectivity index (χ2v) is 8.53. The summed E-state index contributed by atoms with van der Waals surface area (Å²) in [5.41, 5.74) is 2.56. The molecule has 146 valence electrons. The van der Waals surface area contributed by atoms with Crippen LogP contribution in [0.1, 0.15) is 35.7 Å². The molecule has 27 heavy (non-hydrogen) atoms. The van der Waals surface area contributed by atoms with Crippen molar-refractivity contribution in [2.45, 2.75) is 26.2 Å². The number of aryl methyl sites for hydroxylation is 2. The van der Waals surface area contributed by atoms with E-state index in [2.05, 4.69) is 10.4 Å². The Hall–Kier alpha value is -2.55. The van der Waals surface area contributed by atoms with Crippen LogP contribution in [0, 0.1) is 0 Å². The topological polar surface area (TPSA) is 93.5 Å². The lowest BCUT2D eigenvalue weighted by Crippen LogP contribution is -2.37. The summed E-state index contributed by atoms with van der Waals surface area (Å²) in [7, 11) is -0.140. The monoisotopic (exact) mass is 392 g/mol. The summed E-state index contributed by atoms with van der Waals surface area (Å²) in [6, 6.07) is 5.32. The number of nitrogens with zero attached hydrogens (tertiary/aromatic N) is 3. The number of aromatic nitrogens is 2. The highest BCUT2D eigenvalue weighted by molar-refractivity contribution is 7.92. The number of hydrogen-bond donors (Lipinski definition) is 1. The number of sulfonamides is 1. The van der Waals surface area contributed by atoms with Gasteiger partial charge in [-0.05, 0) is 43.0 Å². The first-order valence-corrected chi connectivity index (χ1v) is 10.5. The molecule has 2 heterocycles. The number of benzene rings is 1. The Kier molecular flexibility index (Phi) is 5.41. The number of anilines is 2.